The number of nitrogens with one attached hydrogen (secondary N) is 1. The van der Waals surface area contributed by atoms with E-state index in [1.165, 1.54) is 38.5 Å². The number of nitrogens with two attached hydrogens (primary N) is 1. The largest absolute Gasteiger partial charge is 0.385 e. The summed E-state index contributed by atoms with van der Waals surface area (Å²) in [7, 11) is -2.26. The van der Waals surface area contributed by atoms with E-state index < -0.39 is 10.3 Å². The van der Waals surface area contributed by atoms with Crippen molar-refractivity contribution in [2.45, 2.75) is 70.6 Å². The van der Waals surface area contributed by atoms with Crippen LogP contribution in [0.2, 0.25) is 0 Å². The lowest BCUT2D eigenvalue weighted by atomic mass is 10.1. The Bertz CT molecular complexity index is 662. The van der Waals surface area contributed by atoms with Crippen LogP contribution in [-0.4, -0.2) is 34.6 Å². The molecule has 0 radical (unpaired) electrons. The fraction of sp³-hybridized carbons (Fsp3) is 0.667. The molecule has 0 aliphatic carbocycles. The van der Waals surface area contributed by atoms with Gasteiger partial charge >= 0.3 is 10.3 Å². The van der Waals surface area contributed by atoms with Crippen LogP contribution in [0.4, 0.5) is 0 Å². The molecule has 0 bridgehead atoms. The third kappa shape index (κ3) is 14.9. The van der Waals surface area contributed by atoms with Crippen molar-refractivity contribution in [1.82, 2.24) is 5.32 Å². The molecule has 3 N–H and O–H groups in total. The summed E-state index contributed by atoms with van der Waals surface area (Å²) in [5.41, 5.74) is 0.981. The molecule has 1 aromatic carbocycles. The molecule has 0 saturated heterocycles. The van der Waals surface area contributed by atoms with Crippen molar-refractivity contribution < 1.29 is 22.1 Å². The number of amides is 1. The van der Waals surface area contributed by atoms with E-state index in [0.29, 0.717) is 19.4 Å². The number of unbranched alkanes of at least 4 members (excludes halogenated alkanes) is 8. The summed E-state index contributed by atoms with van der Waals surface area (Å²) < 4.78 is 31.3. The molecule has 0 atom stereocenters. The Morgan fingerprint density at radius 1 is 0.931 bits per heavy atom. The van der Waals surface area contributed by atoms with Crippen molar-refractivity contribution in [1.29, 1.82) is 0 Å². The van der Waals surface area contributed by atoms with Gasteiger partial charge in [-0.2, -0.15) is 13.6 Å². The first-order valence-corrected chi connectivity index (χ1v) is 11.9. The lowest BCUT2D eigenvalue weighted by Gasteiger charge is -2.07. The summed E-state index contributed by atoms with van der Waals surface area (Å²) in [6, 6.07) is 6.59. The Kier molecular flexibility index (Phi) is 13.3. The molecule has 166 valence electrons. The molecular formula is C21H36N2O5S. The van der Waals surface area contributed by atoms with Gasteiger partial charge < -0.3 is 14.2 Å². The molecule has 7 nitrogen and oxygen atoms in total. The van der Waals surface area contributed by atoms with E-state index in [-0.39, 0.29) is 11.7 Å². The van der Waals surface area contributed by atoms with Crippen molar-refractivity contribution >= 4 is 16.2 Å². The summed E-state index contributed by atoms with van der Waals surface area (Å²) in [5.74, 6) is 0.253. The number of carbonyl (C=O) groups is 1. The highest BCUT2D eigenvalue weighted by Gasteiger charge is 2.05. The average Bonchev–Trinajstić information content (AvgIpc) is 2.66. The van der Waals surface area contributed by atoms with E-state index in [1.54, 1.807) is 31.4 Å². The predicted molar refractivity (Wildman–Crippen MR) is 115 cm³/mol. The van der Waals surface area contributed by atoms with Crippen LogP contribution in [0.25, 0.3) is 0 Å². The molecule has 8 heteroatoms. The van der Waals surface area contributed by atoms with Gasteiger partial charge in [-0.1, -0.05) is 57.1 Å². The predicted octanol–water partition coefficient (Wildman–Crippen LogP) is 3.48. The maximum absolute atomic E-state index is 11.9. The zero-order chi connectivity index (χ0) is 21.4. The van der Waals surface area contributed by atoms with Gasteiger partial charge in [-0.3, -0.25) is 4.79 Å². The molecule has 0 unspecified atom stereocenters. The van der Waals surface area contributed by atoms with E-state index >= 15 is 0 Å². The first-order chi connectivity index (χ1) is 13.9. The number of benzene rings is 1. The van der Waals surface area contributed by atoms with Crippen molar-refractivity contribution in [3.8, 4) is 5.75 Å². The Hall–Kier alpha value is -1.64. The number of rotatable bonds is 17. The second-order valence-electron chi connectivity index (χ2n) is 7.24. The Morgan fingerprint density at radius 3 is 2.03 bits per heavy atom. The van der Waals surface area contributed by atoms with E-state index in [2.05, 4.69) is 9.50 Å². The van der Waals surface area contributed by atoms with Gasteiger partial charge in [-0.15, -0.1) is 0 Å². The minimum atomic E-state index is -4.00. The number of methoxy groups -OCH3 is 1. The van der Waals surface area contributed by atoms with E-state index in [9.17, 15) is 13.2 Å². The van der Waals surface area contributed by atoms with Crippen LogP contribution in [0.5, 0.6) is 5.75 Å². The Morgan fingerprint density at radius 2 is 1.48 bits per heavy atom. The zero-order valence-electron chi connectivity index (χ0n) is 17.5. The van der Waals surface area contributed by atoms with Crippen LogP contribution in [0, 0.1) is 0 Å². The van der Waals surface area contributed by atoms with Gasteiger partial charge in [-0.05, 0) is 37.0 Å². The number of hydrogen-bond donors (Lipinski definition) is 2. The molecule has 0 aliphatic heterocycles. The van der Waals surface area contributed by atoms with Crippen LogP contribution < -0.4 is 14.6 Å². The lowest BCUT2D eigenvalue weighted by molar-refractivity contribution is -0.121. The van der Waals surface area contributed by atoms with Crippen LogP contribution in [-0.2, 0) is 26.3 Å². The van der Waals surface area contributed by atoms with Crippen molar-refractivity contribution in [2.24, 2.45) is 5.14 Å². The van der Waals surface area contributed by atoms with Gasteiger partial charge in [0, 0.05) is 26.7 Å². The zero-order valence-corrected chi connectivity index (χ0v) is 18.3. The molecule has 29 heavy (non-hydrogen) atoms. The highest BCUT2D eigenvalue weighted by molar-refractivity contribution is 7.84. The third-order valence-electron chi connectivity index (χ3n) is 4.62. The highest BCUT2D eigenvalue weighted by Crippen LogP contribution is 2.14. The van der Waals surface area contributed by atoms with Crippen molar-refractivity contribution in [3.05, 3.63) is 29.8 Å². The van der Waals surface area contributed by atoms with Gasteiger partial charge in [0.05, 0.1) is 0 Å². The van der Waals surface area contributed by atoms with Gasteiger partial charge in [0.15, 0.2) is 0 Å². The van der Waals surface area contributed by atoms with Crippen LogP contribution in [0.3, 0.4) is 0 Å². The quantitative estimate of drug-likeness (QED) is 0.369. The lowest BCUT2D eigenvalue weighted by Crippen LogP contribution is -2.25. The average molecular weight is 429 g/mol. The summed E-state index contributed by atoms with van der Waals surface area (Å²) in [5, 5.41) is 7.74. The van der Waals surface area contributed by atoms with E-state index in [0.717, 1.165) is 31.4 Å². The first-order valence-electron chi connectivity index (χ1n) is 10.5. The number of carbonyl (C=O) groups excluding carboxylic acids is 1. The van der Waals surface area contributed by atoms with Crippen molar-refractivity contribution in [2.75, 3.05) is 20.3 Å². The van der Waals surface area contributed by atoms with Gasteiger partial charge in [0.2, 0.25) is 5.91 Å². The van der Waals surface area contributed by atoms with Gasteiger partial charge in [0.25, 0.3) is 0 Å². The van der Waals surface area contributed by atoms with Crippen LogP contribution in [0.1, 0.15) is 69.8 Å². The van der Waals surface area contributed by atoms with Crippen LogP contribution >= 0.6 is 0 Å². The van der Waals surface area contributed by atoms with E-state index in [4.69, 9.17) is 9.88 Å². The molecule has 0 heterocycles. The molecule has 1 amide bonds. The minimum Gasteiger partial charge on any atom is -0.385 e. The fourth-order valence-electron chi connectivity index (χ4n) is 3.05. The SMILES string of the molecule is COCCCCCCCCCCCC(=O)NCCc1ccc(OS(N)(=O)=O)cc1. The molecule has 1 aromatic rings. The maximum Gasteiger partial charge on any atom is 0.380 e. The molecule has 0 aliphatic rings. The standard InChI is InChI=1S/C21H36N2O5S/c1-27-18-10-8-6-4-2-3-5-7-9-11-21(24)23-17-16-19-12-14-20(15-13-19)28-29(22,25)26/h12-15H,2-11,16-18H2,1H3,(H,23,24)(H2,22,25,26). The maximum atomic E-state index is 11.9. The van der Waals surface area contributed by atoms with Crippen molar-refractivity contribution in [3.63, 3.8) is 0 Å². The van der Waals surface area contributed by atoms with Gasteiger partial charge in [-0.25, -0.2) is 0 Å². The number of ether oxygens (including phenoxy) is 1. The second-order valence-corrected chi connectivity index (χ2v) is 8.40. The molecule has 0 saturated carbocycles. The summed E-state index contributed by atoms with van der Waals surface area (Å²) >= 11 is 0. The summed E-state index contributed by atoms with van der Waals surface area (Å²) in [6.07, 6.45) is 12.0. The topological polar surface area (TPSA) is 108 Å². The second kappa shape index (κ2) is 15.2. The molecular weight excluding hydrogens is 392 g/mol. The Balaban J connectivity index is 1.99. The molecule has 0 fully saturated rings. The van der Waals surface area contributed by atoms with Gasteiger partial charge in [0.1, 0.15) is 5.75 Å². The first kappa shape index (κ1) is 25.4. The highest BCUT2D eigenvalue weighted by atomic mass is 32.2. The Labute approximate surface area is 175 Å². The smallest absolute Gasteiger partial charge is 0.380 e. The monoisotopic (exact) mass is 428 g/mol. The molecule has 0 aromatic heterocycles. The summed E-state index contributed by atoms with van der Waals surface area (Å²) in [6.45, 7) is 1.42. The third-order valence-corrected chi connectivity index (χ3v) is 5.05. The van der Waals surface area contributed by atoms with E-state index in [1.807, 2.05) is 0 Å². The molecule has 1 rings (SSSR count). The van der Waals surface area contributed by atoms with Crippen LogP contribution in [0.15, 0.2) is 24.3 Å². The summed E-state index contributed by atoms with van der Waals surface area (Å²) in [4.78, 5) is 11.9. The molecule has 0 spiro atoms. The number of hydrogen-bond acceptors (Lipinski definition) is 5. The normalized spacial score (nSPS) is 11.4. The minimum absolute atomic E-state index is 0.0809. The fourth-order valence-corrected chi connectivity index (χ4v) is 3.43.